The van der Waals surface area contributed by atoms with Gasteiger partial charge in [0.25, 0.3) is 0 Å². The number of ether oxygens (including phenoxy) is 1. The van der Waals surface area contributed by atoms with E-state index in [1.54, 1.807) is 0 Å². The normalized spacial score (nSPS) is 30.8. The number of nitrogens with zero attached hydrogens (tertiary/aromatic N) is 2. The van der Waals surface area contributed by atoms with Crippen LogP contribution in [0.15, 0.2) is 60.7 Å². The Hall–Kier alpha value is -2.94. The summed E-state index contributed by atoms with van der Waals surface area (Å²) < 4.78 is 6.94. The van der Waals surface area contributed by atoms with Gasteiger partial charge in [-0.2, -0.15) is 0 Å². The van der Waals surface area contributed by atoms with Crippen LogP contribution in [0.25, 0.3) is 0 Å². The molecular formula is C37H44N2O. The van der Waals surface area contributed by atoms with Gasteiger partial charge in [-0.25, -0.2) is 0 Å². The predicted molar refractivity (Wildman–Crippen MR) is 165 cm³/mol. The lowest BCUT2D eigenvalue weighted by Crippen LogP contribution is -2.52. The lowest BCUT2D eigenvalue weighted by atomic mass is 9.78. The second-order valence-corrected chi connectivity index (χ2v) is 13.6. The van der Waals surface area contributed by atoms with Crippen LogP contribution in [0.3, 0.4) is 0 Å². The van der Waals surface area contributed by atoms with E-state index >= 15 is 0 Å². The van der Waals surface area contributed by atoms with E-state index in [1.807, 2.05) is 0 Å². The summed E-state index contributed by atoms with van der Waals surface area (Å²) in [6.45, 7) is 4.72. The van der Waals surface area contributed by atoms with Gasteiger partial charge in [0.15, 0.2) is 0 Å². The summed E-state index contributed by atoms with van der Waals surface area (Å²) in [5.41, 5.74) is 8.11. The van der Waals surface area contributed by atoms with Gasteiger partial charge in [0.05, 0.1) is 0 Å². The zero-order chi connectivity index (χ0) is 26.8. The standard InChI is InChI=1S/C37H44N2O/c1-24-20-28-13-7-14-29(21-24)39(28)31-17-19-34-36(23-31)40-35-22-30(38-26-9-5-10-27(38)12-6-11-26)16-18-33(35)37(34)32-15-4-3-8-25(32)2/h3-4,8,15-19,22-24,26-29,37H,5-7,9-14,20-21H2,1-2H3. The Morgan fingerprint density at radius 2 is 1.10 bits per heavy atom. The van der Waals surface area contributed by atoms with E-state index in [4.69, 9.17) is 4.74 Å². The molecule has 3 nitrogen and oxygen atoms in total. The summed E-state index contributed by atoms with van der Waals surface area (Å²) in [4.78, 5) is 5.54. The molecule has 0 N–H and O–H groups in total. The second-order valence-electron chi connectivity index (χ2n) is 13.6. The minimum Gasteiger partial charge on any atom is -0.457 e. The molecule has 4 saturated heterocycles. The number of hydrogen-bond acceptors (Lipinski definition) is 3. The fourth-order valence-electron chi connectivity index (χ4n) is 9.37. The van der Waals surface area contributed by atoms with E-state index in [0.717, 1.165) is 17.4 Å². The smallest absolute Gasteiger partial charge is 0.133 e. The van der Waals surface area contributed by atoms with Gasteiger partial charge < -0.3 is 14.5 Å². The topological polar surface area (TPSA) is 15.7 Å². The minimum absolute atomic E-state index is 0.199. The van der Waals surface area contributed by atoms with E-state index in [9.17, 15) is 0 Å². The molecule has 0 saturated carbocycles. The summed E-state index contributed by atoms with van der Waals surface area (Å²) >= 11 is 0. The highest BCUT2D eigenvalue weighted by molar-refractivity contribution is 5.67. The predicted octanol–water partition coefficient (Wildman–Crippen LogP) is 9.35. The third kappa shape index (κ3) is 4.06. The molecule has 0 radical (unpaired) electrons. The van der Waals surface area contributed by atoms with Crippen molar-refractivity contribution in [3.8, 4) is 11.5 Å². The zero-order valence-corrected chi connectivity index (χ0v) is 24.3. The van der Waals surface area contributed by atoms with E-state index in [-0.39, 0.29) is 5.92 Å². The van der Waals surface area contributed by atoms with Crippen molar-refractivity contribution in [3.63, 3.8) is 0 Å². The lowest BCUT2D eigenvalue weighted by molar-refractivity contribution is 0.240. The molecule has 3 aromatic rings. The van der Waals surface area contributed by atoms with Crippen molar-refractivity contribution in [1.82, 2.24) is 0 Å². The number of benzene rings is 3. The number of piperidine rings is 4. The van der Waals surface area contributed by atoms with Gasteiger partial charge in [0.1, 0.15) is 11.5 Å². The molecule has 4 fully saturated rings. The van der Waals surface area contributed by atoms with Gasteiger partial charge in [0, 0.05) is 64.7 Å². The molecule has 5 aliphatic heterocycles. The highest BCUT2D eigenvalue weighted by Crippen LogP contribution is 2.52. The van der Waals surface area contributed by atoms with Crippen molar-refractivity contribution in [2.75, 3.05) is 9.80 Å². The van der Waals surface area contributed by atoms with Crippen LogP contribution in [0.5, 0.6) is 11.5 Å². The molecule has 0 amide bonds. The van der Waals surface area contributed by atoms with E-state index in [0.29, 0.717) is 24.2 Å². The van der Waals surface area contributed by atoms with Gasteiger partial charge in [-0.3, -0.25) is 0 Å². The van der Waals surface area contributed by atoms with Gasteiger partial charge in [-0.15, -0.1) is 0 Å². The third-order valence-corrected chi connectivity index (χ3v) is 11.1. The summed E-state index contributed by atoms with van der Waals surface area (Å²) in [5, 5.41) is 0. The average Bonchev–Trinajstić information content (AvgIpc) is 2.95. The van der Waals surface area contributed by atoms with E-state index in [2.05, 4.69) is 84.3 Å². The highest BCUT2D eigenvalue weighted by atomic mass is 16.5. The largest absolute Gasteiger partial charge is 0.457 e. The summed E-state index contributed by atoms with van der Waals surface area (Å²) in [6.07, 6.45) is 14.8. The maximum atomic E-state index is 6.94. The molecule has 5 heterocycles. The maximum Gasteiger partial charge on any atom is 0.133 e. The average molecular weight is 533 g/mol. The molecule has 5 aliphatic rings. The van der Waals surface area contributed by atoms with Crippen molar-refractivity contribution in [1.29, 1.82) is 0 Å². The van der Waals surface area contributed by atoms with Crippen LogP contribution in [-0.4, -0.2) is 24.2 Å². The molecule has 0 aliphatic carbocycles. The summed E-state index contributed by atoms with van der Waals surface area (Å²) in [5.74, 6) is 3.16. The van der Waals surface area contributed by atoms with E-state index in [1.165, 1.54) is 104 Å². The Kier molecular flexibility index (Phi) is 6.12. The molecule has 40 heavy (non-hydrogen) atoms. The quantitative estimate of drug-likeness (QED) is 0.261. The number of hydrogen-bond donors (Lipinski definition) is 0. The zero-order valence-electron chi connectivity index (χ0n) is 24.3. The van der Waals surface area contributed by atoms with Crippen LogP contribution in [0, 0.1) is 12.8 Å². The van der Waals surface area contributed by atoms with Crippen molar-refractivity contribution in [3.05, 3.63) is 82.9 Å². The summed E-state index contributed by atoms with van der Waals surface area (Å²) in [6, 6.07) is 26.1. The first-order valence-corrected chi connectivity index (χ1v) is 16.2. The Morgan fingerprint density at radius 3 is 1.65 bits per heavy atom. The molecule has 0 aromatic heterocycles. The van der Waals surface area contributed by atoms with Crippen molar-refractivity contribution >= 4 is 11.4 Å². The first-order valence-electron chi connectivity index (χ1n) is 16.2. The van der Waals surface area contributed by atoms with Gasteiger partial charge >= 0.3 is 0 Å². The second kappa shape index (κ2) is 9.86. The van der Waals surface area contributed by atoms with Crippen LogP contribution < -0.4 is 14.5 Å². The monoisotopic (exact) mass is 532 g/mol. The molecular weight excluding hydrogens is 488 g/mol. The molecule has 0 spiro atoms. The van der Waals surface area contributed by atoms with Crippen LogP contribution in [0.2, 0.25) is 0 Å². The van der Waals surface area contributed by atoms with Gasteiger partial charge in [-0.05, 0) is 107 Å². The van der Waals surface area contributed by atoms with E-state index < -0.39 is 0 Å². The molecule has 8 rings (SSSR count). The van der Waals surface area contributed by atoms with Crippen LogP contribution >= 0.6 is 0 Å². The molecule has 3 unspecified atom stereocenters. The third-order valence-electron chi connectivity index (χ3n) is 11.1. The minimum atomic E-state index is 0.199. The molecule has 3 aromatic carbocycles. The Balaban J connectivity index is 1.22. The van der Waals surface area contributed by atoms with Crippen molar-refractivity contribution in [2.24, 2.45) is 5.92 Å². The molecule has 208 valence electrons. The summed E-state index contributed by atoms with van der Waals surface area (Å²) in [7, 11) is 0. The lowest BCUT2D eigenvalue weighted by Gasteiger charge is -2.50. The van der Waals surface area contributed by atoms with Gasteiger partial charge in [-0.1, -0.05) is 43.3 Å². The Bertz CT molecular complexity index is 1380. The highest BCUT2D eigenvalue weighted by Gasteiger charge is 2.39. The van der Waals surface area contributed by atoms with Crippen molar-refractivity contribution < 1.29 is 4.74 Å². The number of anilines is 2. The number of rotatable bonds is 3. The molecule has 4 bridgehead atoms. The van der Waals surface area contributed by atoms with Crippen LogP contribution in [0.4, 0.5) is 11.4 Å². The van der Waals surface area contributed by atoms with Crippen molar-refractivity contribution in [2.45, 2.75) is 115 Å². The Morgan fingerprint density at radius 1 is 0.600 bits per heavy atom. The Labute approximate surface area is 240 Å². The fraction of sp³-hybridized carbons (Fsp3) is 0.514. The van der Waals surface area contributed by atoms with Crippen LogP contribution in [-0.2, 0) is 0 Å². The molecule has 3 atom stereocenters. The number of fused-ring (bicyclic) bond motifs is 6. The molecule has 3 heteroatoms. The first-order chi connectivity index (χ1) is 19.6. The fourth-order valence-corrected chi connectivity index (χ4v) is 9.37. The first kappa shape index (κ1) is 24.8. The number of aryl methyl sites for hydroxylation is 1. The SMILES string of the molecule is Cc1ccccc1C1c2ccc(N3C4CCCC3CCC4)cc2Oc2cc(N3C4CCCC3CC(C)C4)ccc21. The maximum absolute atomic E-state index is 6.94. The van der Waals surface area contributed by atoms with Crippen LogP contribution in [0.1, 0.15) is 106 Å². The van der Waals surface area contributed by atoms with Gasteiger partial charge in [0.2, 0.25) is 0 Å².